The molecule has 1 heterocycles. The van der Waals surface area contributed by atoms with E-state index in [9.17, 15) is 9.90 Å². The minimum Gasteiger partial charge on any atom is -0.481 e. The SMILES string of the molecule is CC(C)(Cn1nnnc1-c1c(Cl)cccc1Cl)C(=O)O. The summed E-state index contributed by atoms with van der Waals surface area (Å²) < 4.78 is 1.39. The van der Waals surface area contributed by atoms with Gasteiger partial charge >= 0.3 is 5.97 Å². The number of aliphatic carboxylic acids is 1. The van der Waals surface area contributed by atoms with Gasteiger partial charge in [0.1, 0.15) is 0 Å². The lowest BCUT2D eigenvalue weighted by Crippen LogP contribution is -2.30. The number of benzene rings is 1. The first-order chi connectivity index (χ1) is 9.33. The smallest absolute Gasteiger partial charge is 0.310 e. The molecule has 0 radical (unpaired) electrons. The van der Waals surface area contributed by atoms with Gasteiger partial charge in [0.25, 0.3) is 0 Å². The Morgan fingerprint density at radius 2 is 1.95 bits per heavy atom. The van der Waals surface area contributed by atoms with Crippen molar-refractivity contribution in [3.8, 4) is 11.4 Å². The van der Waals surface area contributed by atoms with Gasteiger partial charge in [0, 0.05) is 0 Å². The fraction of sp³-hybridized carbons (Fsp3) is 0.333. The van der Waals surface area contributed by atoms with Crippen LogP contribution in [0.1, 0.15) is 13.8 Å². The zero-order valence-electron chi connectivity index (χ0n) is 10.8. The third-order valence-electron chi connectivity index (χ3n) is 2.84. The first-order valence-corrected chi connectivity index (χ1v) is 6.52. The Morgan fingerprint density at radius 3 is 2.50 bits per heavy atom. The summed E-state index contributed by atoms with van der Waals surface area (Å²) in [7, 11) is 0. The number of carboxylic acids is 1. The molecule has 0 aliphatic heterocycles. The number of rotatable bonds is 4. The van der Waals surface area contributed by atoms with Crippen LogP contribution in [-0.4, -0.2) is 31.3 Å². The van der Waals surface area contributed by atoms with Crippen LogP contribution in [0, 0.1) is 5.41 Å². The average Bonchev–Trinajstić information content (AvgIpc) is 2.76. The largest absolute Gasteiger partial charge is 0.481 e. The average molecular weight is 315 g/mol. The van der Waals surface area contributed by atoms with E-state index in [0.29, 0.717) is 21.4 Å². The Hall–Kier alpha value is -1.66. The van der Waals surface area contributed by atoms with Gasteiger partial charge in [-0.1, -0.05) is 29.3 Å². The van der Waals surface area contributed by atoms with Crippen LogP contribution in [0.15, 0.2) is 18.2 Å². The van der Waals surface area contributed by atoms with Gasteiger partial charge in [-0.3, -0.25) is 4.79 Å². The van der Waals surface area contributed by atoms with Gasteiger partial charge in [0.15, 0.2) is 5.82 Å². The van der Waals surface area contributed by atoms with Gasteiger partial charge in [-0.25, -0.2) is 4.68 Å². The van der Waals surface area contributed by atoms with Crippen molar-refractivity contribution in [1.82, 2.24) is 20.2 Å². The molecule has 0 saturated heterocycles. The van der Waals surface area contributed by atoms with Crippen molar-refractivity contribution in [2.24, 2.45) is 5.41 Å². The standard InChI is InChI=1S/C12H12Cl2N4O2/c1-12(2,11(19)20)6-18-10(15-16-17-18)9-7(13)4-3-5-8(9)14/h3-5H,6H2,1-2H3,(H,19,20). The minimum atomic E-state index is -1.02. The molecule has 1 aromatic heterocycles. The maximum atomic E-state index is 11.2. The summed E-state index contributed by atoms with van der Waals surface area (Å²) in [5.41, 5.74) is -0.528. The van der Waals surface area contributed by atoms with E-state index in [2.05, 4.69) is 15.5 Å². The lowest BCUT2D eigenvalue weighted by atomic mass is 9.94. The van der Waals surface area contributed by atoms with Gasteiger partial charge < -0.3 is 5.11 Å². The van der Waals surface area contributed by atoms with E-state index in [1.54, 1.807) is 32.0 Å². The summed E-state index contributed by atoms with van der Waals surface area (Å²) in [6, 6.07) is 5.05. The minimum absolute atomic E-state index is 0.103. The van der Waals surface area contributed by atoms with Crippen molar-refractivity contribution in [2.45, 2.75) is 20.4 Å². The molecule has 0 bridgehead atoms. The number of nitrogens with zero attached hydrogens (tertiary/aromatic N) is 4. The highest BCUT2D eigenvalue weighted by molar-refractivity contribution is 6.38. The van der Waals surface area contributed by atoms with Crippen LogP contribution in [0.5, 0.6) is 0 Å². The highest BCUT2D eigenvalue weighted by atomic mass is 35.5. The second-order valence-electron chi connectivity index (χ2n) is 4.95. The summed E-state index contributed by atoms with van der Waals surface area (Å²) >= 11 is 12.2. The molecule has 0 aliphatic carbocycles. The molecule has 0 fully saturated rings. The van der Waals surface area contributed by atoms with Gasteiger partial charge in [-0.05, 0) is 36.4 Å². The molecule has 2 rings (SSSR count). The highest BCUT2D eigenvalue weighted by Crippen LogP contribution is 2.33. The number of hydrogen-bond donors (Lipinski definition) is 1. The summed E-state index contributed by atoms with van der Waals surface area (Å²) in [5.74, 6) is -0.598. The number of carboxylic acid groups (broad SMARTS) is 1. The normalized spacial score (nSPS) is 11.6. The molecule has 0 saturated carbocycles. The molecule has 1 aromatic carbocycles. The monoisotopic (exact) mass is 314 g/mol. The Morgan fingerprint density at radius 1 is 1.35 bits per heavy atom. The lowest BCUT2D eigenvalue weighted by Gasteiger charge is -2.19. The summed E-state index contributed by atoms with van der Waals surface area (Å²) in [6.07, 6.45) is 0. The second-order valence-corrected chi connectivity index (χ2v) is 5.76. The molecule has 0 atom stereocenters. The van der Waals surface area contributed by atoms with Crippen molar-refractivity contribution < 1.29 is 9.90 Å². The van der Waals surface area contributed by atoms with Crippen LogP contribution in [0.3, 0.4) is 0 Å². The molecular weight excluding hydrogens is 303 g/mol. The van der Waals surface area contributed by atoms with E-state index in [-0.39, 0.29) is 6.54 Å². The highest BCUT2D eigenvalue weighted by Gasteiger charge is 2.30. The van der Waals surface area contributed by atoms with Crippen molar-refractivity contribution >= 4 is 29.2 Å². The third-order valence-corrected chi connectivity index (χ3v) is 3.47. The topological polar surface area (TPSA) is 80.9 Å². The van der Waals surface area contributed by atoms with Gasteiger partial charge in [0.05, 0.1) is 27.6 Å². The van der Waals surface area contributed by atoms with Crippen molar-refractivity contribution in [1.29, 1.82) is 0 Å². The zero-order chi connectivity index (χ0) is 14.9. The fourth-order valence-corrected chi connectivity index (χ4v) is 2.21. The first-order valence-electron chi connectivity index (χ1n) is 5.77. The van der Waals surface area contributed by atoms with E-state index in [1.165, 1.54) is 4.68 Å². The second kappa shape index (κ2) is 5.38. The van der Waals surface area contributed by atoms with E-state index in [4.69, 9.17) is 23.2 Å². The van der Waals surface area contributed by atoms with Gasteiger partial charge in [-0.15, -0.1) is 5.10 Å². The first kappa shape index (κ1) is 14.7. The van der Waals surface area contributed by atoms with Crippen LogP contribution in [0.2, 0.25) is 10.0 Å². The number of hydrogen-bond acceptors (Lipinski definition) is 4. The van der Waals surface area contributed by atoms with E-state index < -0.39 is 11.4 Å². The van der Waals surface area contributed by atoms with E-state index in [1.807, 2.05) is 0 Å². The number of carbonyl (C=O) groups is 1. The van der Waals surface area contributed by atoms with E-state index in [0.717, 1.165) is 0 Å². The molecule has 0 amide bonds. The maximum absolute atomic E-state index is 11.2. The molecular formula is C12H12Cl2N4O2. The number of aromatic nitrogens is 4. The molecule has 2 aromatic rings. The molecule has 0 aliphatic rings. The van der Waals surface area contributed by atoms with Crippen molar-refractivity contribution in [3.63, 3.8) is 0 Å². The van der Waals surface area contributed by atoms with Gasteiger partial charge in [0.2, 0.25) is 0 Å². The van der Waals surface area contributed by atoms with Crippen molar-refractivity contribution in [3.05, 3.63) is 28.2 Å². The quantitative estimate of drug-likeness (QED) is 0.938. The fourth-order valence-electron chi connectivity index (χ4n) is 1.64. The summed E-state index contributed by atoms with van der Waals surface area (Å²) in [5, 5.41) is 21.3. The molecule has 106 valence electrons. The molecule has 0 spiro atoms. The maximum Gasteiger partial charge on any atom is 0.310 e. The zero-order valence-corrected chi connectivity index (χ0v) is 12.4. The molecule has 6 nitrogen and oxygen atoms in total. The number of tetrazole rings is 1. The molecule has 0 unspecified atom stereocenters. The summed E-state index contributed by atoms with van der Waals surface area (Å²) in [6.45, 7) is 3.29. The lowest BCUT2D eigenvalue weighted by molar-refractivity contribution is -0.147. The predicted octanol–water partition coefficient (Wildman–Crippen LogP) is 2.76. The molecule has 20 heavy (non-hydrogen) atoms. The van der Waals surface area contributed by atoms with Gasteiger partial charge in [-0.2, -0.15) is 0 Å². The van der Waals surface area contributed by atoms with Crippen LogP contribution >= 0.6 is 23.2 Å². The van der Waals surface area contributed by atoms with Crippen LogP contribution in [0.4, 0.5) is 0 Å². The van der Waals surface area contributed by atoms with Crippen LogP contribution in [-0.2, 0) is 11.3 Å². The Balaban J connectivity index is 2.47. The summed E-state index contributed by atoms with van der Waals surface area (Å²) in [4.78, 5) is 11.2. The Kier molecular flexibility index (Phi) is 3.96. The molecule has 1 N–H and O–H groups in total. The Labute approximate surface area is 125 Å². The predicted molar refractivity (Wildman–Crippen MR) is 74.7 cm³/mol. The molecule has 8 heteroatoms. The van der Waals surface area contributed by atoms with Crippen LogP contribution < -0.4 is 0 Å². The van der Waals surface area contributed by atoms with E-state index >= 15 is 0 Å². The number of halogens is 2. The van der Waals surface area contributed by atoms with Crippen LogP contribution in [0.25, 0.3) is 11.4 Å². The van der Waals surface area contributed by atoms with Crippen molar-refractivity contribution in [2.75, 3.05) is 0 Å². The Bertz CT molecular complexity index is 634. The third kappa shape index (κ3) is 2.76.